The first-order chi connectivity index (χ1) is 9.47. The number of rotatable bonds is 5. The van der Waals surface area contributed by atoms with Gasteiger partial charge in [0, 0.05) is 16.9 Å². The zero-order valence-corrected chi connectivity index (χ0v) is 11.4. The fourth-order valence-corrected chi connectivity index (χ4v) is 2.64. The fourth-order valence-electron chi connectivity index (χ4n) is 1.89. The Hall–Kier alpha value is -1.62. The van der Waals surface area contributed by atoms with Gasteiger partial charge in [-0.05, 0) is 36.4 Å². The highest BCUT2D eigenvalue weighted by Crippen LogP contribution is 2.29. The van der Waals surface area contributed by atoms with Gasteiger partial charge in [-0.25, -0.2) is 0 Å². The molecule has 0 radical (unpaired) electrons. The predicted molar refractivity (Wildman–Crippen MR) is 73.0 cm³/mol. The van der Waals surface area contributed by atoms with Crippen molar-refractivity contribution < 1.29 is 18.0 Å². The number of carbonyl (C=O) groups excluding carboxylic acids is 1. The summed E-state index contributed by atoms with van der Waals surface area (Å²) in [5, 5.41) is 1.96. The van der Waals surface area contributed by atoms with E-state index in [0.717, 1.165) is 18.6 Å². The Labute approximate surface area is 119 Å². The van der Waals surface area contributed by atoms with Gasteiger partial charge in [0.2, 0.25) is 0 Å². The molecule has 20 heavy (non-hydrogen) atoms. The highest BCUT2D eigenvalue weighted by Gasteiger charge is 2.30. The Morgan fingerprint density at radius 2 is 1.95 bits per heavy atom. The summed E-state index contributed by atoms with van der Waals surface area (Å²) in [7, 11) is 0. The van der Waals surface area contributed by atoms with E-state index in [4.69, 9.17) is 0 Å². The van der Waals surface area contributed by atoms with Gasteiger partial charge < -0.3 is 0 Å². The third kappa shape index (κ3) is 3.93. The van der Waals surface area contributed by atoms with Crippen LogP contribution in [0.3, 0.4) is 0 Å². The van der Waals surface area contributed by atoms with E-state index in [1.807, 2.05) is 17.5 Å². The Bertz CT molecular complexity index is 573. The van der Waals surface area contributed by atoms with Crippen LogP contribution < -0.4 is 0 Å². The average molecular weight is 298 g/mol. The lowest BCUT2D eigenvalue weighted by Gasteiger charge is -2.08. The largest absolute Gasteiger partial charge is 0.416 e. The Kier molecular flexibility index (Phi) is 4.60. The molecular weight excluding hydrogens is 285 g/mol. The maximum absolute atomic E-state index is 12.6. The number of hydrogen-bond donors (Lipinski definition) is 0. The number of benzene rings is 1. The Morgan fingerprint density at radius 3 is 2.60 bits per heavy atom. The van der Waals surface area contributed by atoms with E-state index in [9.17, 15) is 18.0 Å². The first kappa shape index (κ1) is 14.8. The smallest absolute Gasteiger partial charge is 0.294 e. The van der Waals surface area contributed by atoms with Crippen molar-refractivity contribution in [1.29, 1.82) is 0 Å². The highest BCUT2D eigenvalue weighted by atomic mass is 32.1. The predicted octanol–water partition coefficient (Wildman–Crippen LogP) is 4.97. The normalized spacial score (nSPS) is 11.6. The molecule has 1 aromatic carbocycles. The van der Waals surface area contributed by atoms with Crippen LogP contribution >= 0.6 is 11.3 Å². The molecule has 1 aromatic heterocycles. The van der Waals surface area contributed by atoms with E-state index in [1.54, 1.807) is 11.3 Å². The van der Waals surface area contributed by atoms with E-state index in [0.29, 0.717) is 6.42 Å². The summed E-state index contributed by atoms with van der Waals surface area (Å²) in [5.74, 6) is -0.243. The number of thiophene rings is 1. The van der Waals surface area contributed by atoms with Crippen molar-refractivity contribution in [2.24, 2.45) is 0 Å². The average Bonchev–Trinajstić information content (AvgIpc) is 2.91. The minimum Gasteiger partial charge on any atom is -0.294 e. The molecule has 0 spiro atoms. The number of Topliss-reactive ketones (excluding diaryl/α,β-unsaturated/α-hetero) is 1. The minimum atomic E-state index is -4.41. The first-order valence-corrected chi connectivity index (χ1v) is 7.07. The molecule has 0 aliphatic heterocycles. The monoisotopic (exact) mass is 298 g/mol. The third-order valence-corrected chi connectivity index (χ3v) is 3.86. The van der Waals surface area contributed by atoms with E-state index in [2.05, 4.69) is 0 Å². The van der Waals surface area contributed by atoms with Crippen LogP contribution in [0.25, 0.3) is 0 Å². The van der Waals surface area contributed by atoms with E-state index in [-0.39, 0.29) is 17.8 Å². The number of halogens is 3. The summed E-state index contributed by atoms with van der Waals surface area (Å²) in [6.07, 6.45) is -2.72. The molecule has 0 aliphatic rings. The van der Waals surface area contributed by atoms with Crippen molar-refractivity contribution in [3.63, 3.8) is 0 Å². The summed E-state index contributed by atoms with van der Waals surface area (Å²) in [4.78, 5) is 13.1. The molecule has 0 unspecified atom stereocenters. The molecule has 0 N–H and O–H groups in total. The van der Waals surface area contributed by atoms with Crippen LogP contribution in [0.15, 0.2) is 41.8 Å². The quantitative estimate of drug-likeness (QED) is 0.712. The SMILES string of the molecule is O=C(CCCc1cccs1)c1cccc(C(F)(F)F)c1. The lowest BCUT2D eigenvalue weighted by atomic mass is 10.0. The molecule has 1 nitrogen and oxygen atoms in total. The van der Waals surface area contributed by atoms with Crippen LogP contribution in [0.5, 0.6) is 0 Å². The first-order valence-electron chi connectivity index (χ1n) is 6.19. The summed E-state index contributed by atoms with van der Waals surface area (Å²) in [6.45, 7) is 0. The maximum atomic E-state index is 12.6. The summed E-state index contributed by atoms with van der Waals surface area (Å²) >= 11 is 1.62. The number of carbonyl (C=O) groups is 1. The molecule has 0 saturated carbocycles. The second-order valence-corrected chi connectivity index (χ2v) is 5.47. The second kappa shape index (κ2) is 6.22. The molecule has 0 amide bonds. The molecule has 0 atom stereocenters. The molecule has 1 heterocycles. The standard InChI is InChI=1S/C15H13F3OS/c16-15(17,18)12-5-1-4-11(10-12)14(19)8-2-6-13-7-3-9-20-13/h1,3-5,7,9-10H,2,6,8H2. The molecular formula is C15H13F3OS. The van der Waals surface area contributed by atoms with Gasteiger partial charge in [-0.3, -0.25) is 4.79 Å². The molecule has 106 valence electrons. The lowest BCUT2D eigenvalue weighted by molar-refractivity contribution is -0.137. The summed E-state index contributed by atoms with van der Waals surface area (Å²) in [5.41, 5.74) is -0.646. The van der Waals surface area contributed by atoms with Crippen molar-refractivity contribution >= 4 is 17.1 Å². The van der Waals surface area contributed by atoms with Crippen molar-refractivity contribution in [3.8, 4) is 0 Å². The van der Waals surface area contributed by atoms with Gasteiger partial charge in [-0.2, -0.15) is 13.2 Å². The maximum Gasteiger partial charge on any atom is 0.416 e. The molecule has 5 heteroatoms. The molecule has 2 rings (SSSR count). The van der Waals surface area contributed by atoms with E-state index >= 15 is 0 Å². The molecule has 0 saturated heterocycles. The molecule has 0 fully saturated rings. The minimum absolute atomic E-state index is 0.131. The van der Waals surface area contributed by atoms with E-state index < -0.39 is 11.7 Å². The van der Waals surface area contributed by atoms with Gasteiger partial charge in [-0.15, -0.1) is 11.3 Å². The van der Waals surface area contributed by atoms with Crippen molar-refractivity contribution in [2.75, 3.05) is 0 Å². The third-order valence-electron chi connectivity index (χ3n) is 2.92. The second-order valence-electron chi connectivity index (χ2n) is 4.43. The van der Waals surface area contributed by atoms with Gasteiger partial charge in [0.05, 0.1) is 5.56 Å². The van der Waals surface area contributed by atoms with Crippen LogP contribution in [-0.2, 0) is 12.6 Å². The number of aryl methyl sites for hydroxylation is 1. The molecule has 2 aromatic rings. The van der Waals surface area contributed by atoms with Gasteiger partial charge in [-0.1, -0.05) is 18.2 Å². The number of alkyl halides is 3. The van der Waals surface area contributed by atoms with E-state index in [1.165, 1.54) is 17.0 Å². The van der Waals surface area contributed by atoms with Crippen molar-refractivity contribution in [3.05, 3.63) is 57.8 Å². The van der Waals surface area contributed by atoms with Crippen LogP contribution in [0.2, 0.25) is 0 Å². The summed E-state index contributed by atoms with van der Waals surface area (Å²) in [6, 6.07) is 8.53. The van der Waals surface area contributed by atoms with Crippen LogP contribution in [0.1, 0.15) is 33.6 Å². The molecule has 0 aliphatic carbocycles. The lowest BCUT2D eigenvalue weighted by Crippen LogP contribution is -2.07. The van der Waals surface area contributed by atoms with Crippen molar-refractivity contribution in [1.82, 2.24) is 0 Å². The zero-order chi connectivity index (χ0) is 14.6. The van der Waals surface area contributed by atoms with Gasteiger partial charge in [0.15, 0.2) is 5.78 Å². The zero-order valence-electron chi connectivity index (χ0n) is 10.6. The number of ketones is 1. The van der Waals surface area contributed by atoms with Gasteiger partial charge >= 0.3 is 6.18 Å². The van der Waals surface area contributed by atoms with Crippen LogP contribution in [0.4, 0.5) is 13.2 Å². The number of hydrogen-bond acceptors (Lipinski definition) is 2. The van der Waals surface area contributed by atoms with Crippen LogP contribution in [0, 0.1) is 0 Å². The molecule has 0 bridgehead atoms. The van der Waals surface area contributed by atoms with Crippen LogP contribution in [-0.4, -0.2) is 5.78 Å². The fraction of sp³-hybridized carbons (Fsp3) is 0.267. The summed E-state index contributed by atoms with van der Waals surface area (Å²) < 4.78 is 37.7. The van der Waals surface area contributed by atoms with Gasteiger partial charge in [0.1, 0.15) is 0 Å². The topological polar surface area (TPSA) is 17.1 Å². The van der Waals surface area contributed by atoms with Crippen molar-refractivity contribution in [2.45, 2.75) is 25.4 Å². The van der Waals surface area contributed by atoms with Gasteiger partial charge in [0.25, 0.3) is 0 Å². The Morgan fingerprint density at radius 1 is 1.15 bits per heavy atom. The highest BCUT2D eigenvalue weighted by molar-refractivity contribution is 7.09. The Balaban J connectivity index is 1.95.